The van der Waals surface area contributed by atoms with Gasteiger partial charge in [0, 0.05) is 6.54 Å². The quantitative estimate of drug-likeness (QED) is 0.726. The van der Waals surface area contributed by atoms with Crippen LogP contribution in [0.2, 0.25) is 0 Å². The highest BCUT2D eigenvalue weighted by Gasteiger charge is 2.37. The Morgan fingerprint density at radius 2 is 2.09 bits per heavy atom. The molecule has 1 heterocycles. The first-order valence-electron chi connectivity index (χ1n) is 7.99. The molecule has 128 valence electrons. The van der Waals surface area contributed by atoms with Crippen molar-refractivity contribution >= 4 is 15.9 Å². The van der Waals surface area contributed by atoms with Gasteiger partial charge in [-0.1, -0.05) is 25.1 Å². The standard InChI is InChI=1S/C16H24N2O4S/c1-2-13-23(20,21)18-11-6-9-15(18)16(19)17-10-12-22-14-7-4-3-5-8-14/h3-5,7-8,15H,2,6,9-13H2,1H3,(H,17,19). The summed E-state index contributed by atoms with van der Waals surface area (Å²) in [6, 6.07) is 8.77. The van der Waals surface area contributed by atoms with Crippen LogP contribution in [0, 0.1) is 0 Å². The second kappa shape index (κ2) is 8.31. The predicted octanol–water partition coefficient (Wildman–Crippen LogP) is 1.39. The third-order valence-electron chi connectivity index (χ3n) is 3.74. The van der Waals surface area contributed by atoms with Crippen molar-refractivity contribution in [3.8, 4) is 5.75 Å². The van der Waals surface area contributed by atoms with E-state index in [4.69, 9.17) is 4.74 Å². The second-order valence-electron chi connectivity index (χ2n) is 5.54. The van der Waals surface area contributed by atoms with Gasteiger partial charge in [0.1, 0.15) is 18.4 Å². The summed E-state index contributed by atoms with van der Waals surface area (Å²) in [7, 11) is -3.34. The van der Waals surface area contributed by atoms with E-state index >= 15 is 0 Å². The van der Waals surface area contributed by atoms with Crippen LogP contribution in [0.1, 0.15) is 26.2 Å². The molecule has 1 atom stereocenters. The lowest BCUT2D eigenvalue weighted by Gasteiger charge is -2.23. The van der Waals surface area contributed by atoms with E-state index in [0.29, 0.717) is 32.5 Å². The maximum atomic E-state index is 12.2. The molecule has 7 heteroatoms. The molecule has 1 amide bonds. The molecule has 0 aromatic heterocycles. The van der Waals surface area contributed by atoms with Crippen LogP contribution in [-0.4, -0.2) is 50.1 Å². The molecule has 1 fully saturated rings. The SMILES string of the molecule is CCCS(=O)(=O)N1CCCC1C(=O)NCCOc1ccccc1. The van der Waals surface area contributed by atoms with Crippen LogP contribution in [0.25, 0.3) is 0 Å². The van der Waals surface area contributed by atoms with Crippen LogP contribution >= 0.6 is 0 Å². The Morgan fingerprint density at radius 3 is 2.78 bits per heavy atom. The fourth-order valence-electron chi connectivity index (χ4n) is 2.69. The number of rotatable bonds is 8. The first-order chi connectivity index (χ1) is 11.0. The lowest BCUT2D eigenvalue weighted by atomic mass is 10.2. The molecular weight excluding hydrogens is 316 g/mol. The Morgan fingerprint density at radius 1 is 1.35 bits per heavy atom. The monoisotopic (exact) mass is 340 g/mol. The number of ether oxygens (including phenoxy) is 1. The van der Waals surface area contributed by atoms with Crippen molar-refractivity contribution in [1.29, 1.82) is 0 Å². The molecule has 0 radical (unpaired) electrons. The van der Waals surface area contributed by atoms with Crippen LogP contribution in [0.15, 0.2) is 30.3 Å². The van der Waals surface area contributed by atoms with Gasteiger partial charge in [0.05, 0.1) is 12.3 Å². The molecule has 1 aliphatic heterocycles. The van der Waals surface area contributed by atoms with Crippen LogP contribution in [-0.2, 0) is 14.8 Å². The Kier molecular flexibility index (Phi) is 6.41. The molecule has 1 aromatic carbocycles. The van der Waals surface area contributed by atoms with Crippen molar-refractivity contribution in [2.45, 2.75) is 32.2 Å². The first kappa shape index (κ1) is 17.7. The zero-order valence-electron chi connectivity index (χ0n) is 13.4. The zero-order chi connectivity index (χ0) is 16.7. The van der Waals surface area contributed by atoms with Crippen molar-refractivity contribution in [2.75, 3.05) is 25.4 Å². The lowest BCUT2D eigenvalue weighted by molar-refractivity contribution is -0.124. The molecule has 1 aliphatic rings. The van der Waals surface area contributed by atoms with Gasteiger partial charge in [0.15, 0.2) is 0 Å². The van der Waals surface area contributed by atoms with Gasteiger partial charge in [0.2, 0.25) is 15.9 Å². The third-order valence-corrected chi connectivity index (χ3v) is 5.81. The van der Waals surface area contributed by atoms with E-state index in [0.717, 1.165) is 12.2 Å². The average molecular weight is 340 g/mol. The average Bonchev–Trinajstić information content (AvgIpc) is 3.03. The molecule has 2 rings (SSSR count). The summed E-state index contributed by atoms with van der Waals surface area (Å²) >= 11 is 0. The molecular formula is C16H24N2O4S. The van der Waals surface area contributed by atoms with Gasteiger partial charge in [-0.25, -0.2) is 8.42 Å². The minimum absolute atomic E-state index is 0.0912. The minimum Gasteiger partial charge on any atom is -0.492 e. The van der Waals surface area contributed by atoms with E-state index in [9.17, 15) is 13.2 Å². The Balaban J connectivity index is 1.80. The highest BCUT2D eigenvalue weighted by Crippen LogP contribution is 2.22. The van der Waals surface area contributed by atoms with Crippen molar-refractivity contribution in [3.05, 3.63) is 30.3 Å². The summed E-state index contributed by atoms with van der Waals surface area (Å²) in [5, 5.41) is 2.77. The molecule has 6 nitrogen and oxygen atoms in total. The molecule has 0 bridgehead atoms. The number of nitrogens with zero attached hydrogens (tertiary/aromatic N) is 1. The zero-order valence-corrected chi connectivity index (χ0v) is 14.2. The number of nitrogens with one attached hydrogen (secondary N) is 1. The fourth-order valence-corrected chi connectivity index (χ4v) is 4.43. The molecule has 0 spiro atoms. The van der Waals surface area contributed by atoms with E-state index in [1.54, 1.807) is 0 Å². The van der Waals surface area contributed by atoms with Gasteiger partial charge in [0.25, 0.3) is 0 Å². The molecule has 23 heavy (non-hydrogen) atoms. The van der Waals surface area contributed by atoms with Crippen LogP contribution in [0.5, 0.6) is 5.75 Å². The smallest absolute Gasteiger partial charge is 0.238 e. The normalized spacial score (nSPS) is 18.7. The first-order valence-corrected chi connectivity index (χ1v) is 9.60. The highest BCUT2D eigenvalue weighted by atomic mass is 32.2. The van der Waals surface area contributed by atoms with Gasteiger partial charge in [-0.05, 0) is 31.4 Å². The van der Waals surface area contributed by atoms with E-state index in [1.165, 1.54) is 4.31 Å². The van der Waals surface area contributed by atoms with Crippen molar-refractivity contribution < 1.29 is 17.9 Å². The van der Waals surface area contributed by atoms with Crippen LogP contribution < -0.4 is 10.1 Å². The van der Waals surface area contributed by atoms with Gasteiger partial charge < -0.3 is 10.1 Å². The van der Waals surface area contributed by atoms with E-state index in [2.05, 4.69) is 5.32 Å². The number of sulfonamides is 1. The summed E-state index contributed by atoms with van der Waals surface area (Å²) in [5.41, 5.74) is 0. The highest BCUT2D eigenvalue weighted by molar-refractivity contribution is 7.89. The fraction of sp³-hybridized carbons (Fsp3) is 0.562. The number of carbonyl (C=O) groups is 1. The van der Waals surface area contributed by atoms with Gasteiger partial charge >= 0.3 is 0 Å². The molecule has 0 saturated carbocycles. The molecule has 1 aromatic rings. The minimum atomic E-state index is -3.34. The van der Waals surface area contributed by atoms with E-state index in [-0.39, 0.29) is 11.7 Å². The topological polar surface area (TPSA) is 75.7 Å². The maximum Gasteiger partial charge on any atom is 0.238 e. The van der Waals surface area contributed by atoms with Gasteiger partial charge in [-0.15, -0.1) is 0 Å². The van der Waals surface area contributed by atoms with Crippen molar-refractivity contribution in [1.82, 2.24) is 9.62 Å². The number of hydrogen-bond donors (Lipinski definition) is 1. The molecule has 1 saturated heterocycles. The van der Waals surface area contributed by atoms with Gasteiger partial charge in [-0.3, -0.25) is 4.79 Å². The van der Waals surface area contributed by atoms with Crippen molar-refractivity contribution in [3.63, 3.8) is 0 Å². The van der Waals surface area contributed by atoms with E-state index in [1.807, 2.05) is 37.3 Å². The molecule has 0 aliphatic carbocycles. The number of amides is 1. The summed E-state index contributed by atoms with van der Waals surface area (Å²) in [6.07, 6.45) is 1.86. The number of benzene rings is 1. The number of para-hydroxylation sites is 1. The van der Waals surface area contributed by atoms with Crippen LogP contribution in [0.4, 0.5) is 0 Å². The Bertz CT molecular complexity index is 604. The second-order valence-corrected chi connectivity index (χ2v) is 7.58. The predicted molar refractivity (Wildman–Crippen MR) is 88.8 cm³/mol. The lowest BCUT2D eigenvalue weighted by Crippen LogP contribution is -2.47. The Hall–Kier alpha value is -1.60. The summed E-state index contributed by atoms with van der Waals surface area (Å²) in [4.78, 5) is 12.2. The summed E-state index contributed by atoms with van der Waals surface area (Å²) < 4.78 is 31.2. The summed E-state index contributed by atoms with van der Waals surface area (Å²) in [6.45, 7) is 2.96. The molecule has 1 unspecified atom stereocenters. The number of hydrogen-bond acceptors (Lipinski definition) is 4. The van der Waals surface area contributed by atoms with E-state index < -0.39 is 16.1 Å². The Labute approximate surface area is 137 Å². The molecule has 1 N–H and O–H groups in total. The number of carbonyl (C=O) groups excluding carboxylic acids is 1. The van der Waals surface area contributed by atoms with Crippen LogP contribution in [0.3, 0.4) is 0 Å². The van der Waals surface area contributed by atoms with Gasteiger partial charge in [-0.2, -0.15) is 4.31 Å². The van der Waals surface area contributed by atoms with Crippen molar-refractivity contribution in [2.24, 2.45) is 0 Å². The maximum absolute atomic E-state index is 12.2. The summed E-state index contributed by atoms with van der Waals surface area (Å²) in [5.74, 6) is 0.599. The largest absolute Gasteiger partial charge is 0.492 e. The third kappa shape index (κ3) is 4.94.